The zero-order valence-corrected chi connectivity index (χ0v) is 13.5. The summed E-state index contributed by atoms with van der Waals surface area (Å²) in [6.07, 6.45) is 3.62. The molecular weight excluding hydrogens is 326 g/mol. The van der Waals surface area contributed by atoms with Crippen LogP contribution in [0.15, 0.2) is 16.0 Å². The second kappa shape index (κ2) is 6.60. The fraction of sp³-hybridized carbons (Fsp3) is 0.500. The predicted molar refractivity (Wildman–Crippen MR) is 80.8 cm³/mol. The van der Waals surface area contributed by atoms with Gasteiger partial charge in [0, 0.05) is 18.3 Å². The van der Waals surface area contributed by atoms with Gasteiger partial charge in [0.1, 0.15) is 0 Å². The number of thiazole rings is 1. The second-order valence-corrected chi connectivity index (χ2v) is 6.30. The molecule has 2 aromatic rings. The molecule has 7 heteroatoms. The molecule has 2 rings (SSSR count). The topological polar surface area (TPSA) is 68.8 Å². The lowest BCUT2D eigenvalue weighted by Gasteiger charge is -2.17. The standard InChI is InChI=1S/C12H18BrN5S/c1-3-4-18-12(10(13)6-15-18)11(17-14)5-9-7-19-8(2)16-9/h6-7,11,17H,3-5,14H2,1-2H3. The van der Waals surface area contributed by atoms with Gasteiger partial charge in [-0.05, 0) is 29.3 Å². The summed E-state index contributed by atoms with van der Waals surface area (Å²) in [5.41, 5.74) is 5.01. The maximum absolute atomic E-state index is 5.72. The molecule has 1 unspecified atom stereocenters. The van der Waals surface area contributed by atoms with Crippen molar-refractivity contribution >= 4 is 27.3 Å². The monoisotopic (exact) mass is 343 g/mol. The first-order valence-corrected chi connectivity index (χ1v) is 7.91. The zero-order chi connectivity index (χ0) is 13.8. The van der Waals surface area contributed by atoms with Gasteiger partial charge in [-0.15, -0.1) is 11.3 Å². The Morgan fingerprint density at radius 2 is 2.37 bits per heavy atom. The first-order chi connectivity index (χ1) is 9.15. The van der Waals surface area contributed by atoms with Crippen LogP contribution in [0.3, 0.4) is 0 Å². The lowest BCUT2D eigenvalue weighted by molar-refractivity contribution is 0.474. The zero-order valence-electron chi connectivity index (χ0n) is 11.1. The van der Waals surface area contributed by atoms with Gasteiger partial charge >= 0.3 is 0 Å². The first-order valence-electron chi connectivity index (χ1n) is 6.24. The number of nitrogens with one attached hydrogen (secondary N) is 1. The van der Waals surface area contributed by atoms with Gasteiger partial charge in [-0.25, -0.2) is 4.98 Å². The van der Waals surface area contributed by atoms with Crippen molar-refractivity contribution < 1.29 is 0 Å². The summed E-state index contributed by atoms with van der Waals surface area (Å²) in [5.74, 6) is 5.72. The summed E-state index contributed by atoms with van der Waals surface area (Å²) < 4.78 is 2.98. The van der Waals surface area contributed by atoms with E-state index in [4.69, 9.17) is 5.84 Å². The highest BCUT2D eigenvalue weighted by molar-refractivity contribution is 9.10. The molecule has 0 aliphatic carbocycles. The van der Waals surface area contributed by atoms with Gasteiger partial charge in [0.2, 0.25) is 0 Å². The lowest BCUT2D eigenvalue weighted by Crippen LogP contribution is -2.31. The number of aryl methyl sites for hydroxylation is 2. The molecule has 0 saturated heterocycles. The number of hydrogen-bond acceptors (Lipinski definition) is 5. The van der Waals surface area contributed by atoms with Gasteiger partial charge in [0.05, 0.1) is 33.1 Å². The summed E-state index contributed by atoms with van der Waals surface area (Å²) in [4.78, 5) is 4.49. The molecule has 0 spiro atoms. The highest BCUT2D eigenvalue weighted by atomic mass is 79.9. The SMILES string of the molecule is CCCn1ncc(Br)c1C(Cc1csc(C)n1)NN. The maximum atomic E-state index is 5.72. The molecule has 104 valence electrons. The Morgan fingerprint density at radius 1 is 1.58 bits per heavy atom. The van der Waals surface area contributed by atoms with E-state index in [9.17, 15) is 0 Å². The summed E-state index contributed by atoms with van der Waals surface area (Å²) in [7, 11) is 0. The number of hydrazine groups is 1. The third-order valence-corrected chi connectivity index (χ3v) is 4.31. The summed E-state index contributed by atoms with van der Waals surface area (Å²) >= 11 is 5.21. The smallest absolute Gasteiger partial charge is 0.0897 e. The van der Waals surface area contributed by atoms with Gasteiger partial charge in [0.25, 0.3) is 0 Å². The lowest BCUT2D eigenvalue weighted by atomic mass is 10.1. The van der Waals surface area contributed by atoms with Crippen molar-refractivity contribution in [1.29, 1.82) is 0 Å². The van der Waals surface area contributed by atoms with E-state index in [0.717, 1.165) is 40.3 Å². The van der Waals surface area contributed by atoms with E-state index < -0.39 is 0 Å². The van der Waals surface area contributed by atoms with E-state index in [1.165, 1.54) is 0 Å². The molecule has 19 heavy (non-hydrogen) atoms. The van der Waals surface area contributed by atoms with Crippen LogP contribution in [0.25, 0.3) is 0 Å². The number of halogens is 1. The van der Waals surface area contributed by atoms with Crippen molar-refractivity contribution in [3.63, 3.8) is 0 Å². The Kier molecular flexibility index (Phi) is 5.09. The van der Waals surface area contributed by atoms with Crippen molar-refractivity contribution in [2.24, 2.45) is 5.84 Å². The average Bonchev–Trinajstić information content (AvgIpc) is 2.94. The van der Waals surface area contributed by atoms with E-state index >= 15 is 0 Å². The molecule has 0 aliphatic heterocycles. The summed E-state index contributed by atoms with van der Waals surface area (Å²) in [5, 5.41) is 7.53. The van der Waals surface area contributed by atoms with Crippen LogP contribution >= 0.6 is 27.3 Å². The van der Waals surface area contributed by atoms with E-state index in [2.05, 4.69) is 43.7 Å². The fourth-order valence-corrected chi connectivity index (χ4v) is 3.25. The molecule has 0 aliphatic rings. The molecule has 5 nitrogen and oxygen atoms in total. The number of nitrogens with two attached hydrogens (primary N) is 1. The van der Waals surface area contributed by atoms with Gasteiger partial charge in [-0.2, -0.15) is 5.10 Å². The van der Waals surface area contributed by atoms with E-state index in [1.54, 1.807) is 11.3 Å². The fourth-order valence-electron chi connectivity index (χ4n) is 2.05. The highest BCUT2D eigenvalue weighted by Crippen LogP contribution is 2.26. The van der Waals surface area contributed by atoms with Crippen molar-refractivity contribution in [1.82, 2.24) is 20.2 Å². The number of rotatable bonds is 6. The van der Waals surface area contributed by atoms with Crippen molar-refractivity contribution in [2.75, 3.05) is 0 Å². The molecule has 0 aromatic carbocycles. The van der Waals surface area contributed by atoms with Gasteiger partial charge in [-0.3, -0.25) is 16.0 Å². The minimum Gasteiger partial charge on any atom is -0.271 e. The normalized spacial score (nSPS) is 12.8. The minimum absolute atomic E-state index is 0.00456. The Balaban J connectivity index is 2.23. The minimum atomic E-state index is 0.00456. The molecule has 2 aromatic heterocycles. The third-order valence-electron chi connectivity index (χ3n) is 2.88. The van der Waals surface area contributed by atoms with Crippen LogP contribution in [0.4, 0.5) is 0 Å². The second-order valence-electron chi connectivity index (χ2n) is 4.38. The molecule has 0 bridgehead atoms. The van der Waals surface area contributed by atoms with Crippen LogP contribution in [-0.2, 0) is 13.0 Å². The van der Waals surface area contributed by atoms with Crippen LogP contribution in [0.2, 0.25) is 0 Å². The number of aromatic nitrogens is 3. The highest BCUT2D eigenvalue weighted by Gasteiger charge is 2.20. The van der Waals surface area contributed by atoms with Gasteiger partial charge < -0.3 is 0 Å². The quantitative estimate of drug-likeness (QED) is 0.624. The Labute approximate surface area is 125 Å². The number of hydrogen-bond donors (Lipinski definition) is 2. The van der Waals surface area contributed by atoms with Crippen molar-refractivity contribution in [3.05, 3.63) is 32.4 Å². The molecule has 0 amide bonds. The molecule has 3 N–H and O–H groups in total. The molecule has 0 saturated carbocycles. The molecule has 0 radical (unpaired) electrons. The maximum Gasteiger partial charge on any atom is 0.0897 e. The van der Waals surface area contributed by atoms with Crippen LogP contribution in [-0.4, -0.2) is 14.8 Å². The van der Waals surface area contributed by atoms with Crippen molar-refractivity contribution in [3.8, 4) is 0 Å². The van der Waals surface area contributed by atoms with Crippen LogP contribution in [0.5, 0.6) is 0 Å². The van der Waals surface area contributed by atoms with E-state index in [1.807, 2.05) is 17.8 Å². The predicted octanol–water partition coefficient (Wildman–Crippen LogP) is 2.57. The Bertz CT molecular complexity index is 536. The number of nitrogens with zero attached hydrogens (tertiary/aromatic N) is 3. The van der Waals surface area contributed by atoms with Crippen LogP contribution < -0.4 is 11.3 Å². The molecule has 0 fully saturated rings. The molecule has 1 atom stereocenters. The van der Waals surface area contributed by atoms with Crippen LogP contribution in [0, 0.1) is 6.92 Å². The van der Waals surface area contributed by atoms with Gasteiger partial charge in [0.15, 0.2) is 0 Å². The molecule has 2 heterocycles. The van der Waals surface area contributed by atoms with Crippen molar-refractivity contribution in [2.45, 2.75) is 39.3 Å². The van der Waals surface area contributed by atoms with E-state index in [-0.39, 0.29) is 6.04 Å². The Hall–Kier alpha value is -0.760. The average molecular weight is 344 g/mol. The first kappa shape index (κ1) is 14.6. The summed E-state index contributed by atoms with van der Waals surface area (Å²) in [6, 6.07) is 0.00456. The third kappa shape index (κ3) is 3.42. The Morgan fingerprint density at radius 3 is 2.95 bits per heavy atom. The molecular formula is C12H18BrN5S. The van der Waals surface area contributed by atoms with Crippen LogP contribution in [0.1, 0.15) is 35.8 Å². The van der Waals surface area contributed by atoms with E-state index in [0.29, 0.717) is 0 Å². The van der Waals surface area contributed by atoms with Gasteiger partial charge in [-0.1, -0.05) is 6.92 Å². The largest absolute Gasteiger partial charge is 0.271 e. The summed E-state index contributed by atoms with van der Waals surface area (Å²) in [6.45, 7) is 5.03.